The van der Waals surface area contributed by atoms with Gasteiger partial charge in [0, 0.05) is 11.1 Å². The number of hydrogen-bond donors (Lipinski definition) is 0. The molecule has 0 atom stereocenters. The number of nitrogens with zero attached hydrogens (tertiary/aromatic N) is 2. The normalized spacial score (nSPS) is 11.2. The van der Waals surface area contributed by atoms with E-state index in [4.69, 9.17) is 27.9 Å². The van der Waals surface area contributed by atoms with E-state index in [2.05, 4.69) is 23.8 Å². The molecule has 3 nitrogen and oxygen atoms in total. The molecule has 0 amide bonds. The van der Waals surface area contributed by atoms with E-state index in [1.807, 2.05) is 30.3 Å². The second-order valence-corrected chi connectivity index (χ2v) is 6.35. The molecule has 0 aliphatic carbocycles. The third kappa shape index (κ3) is 2.99. The lowest BCUT2D eigenvalue weighted by Gasteiger charge is -2.11. The van der Waals surface area contributed by atoms with Crippen molar-refractivity contribution in [3.05, 3.63) is 52.1 Å². The summed E-state index contributed by atoms with van der Waals surface area (Å²) in [5, 5.41) is 1.83. The van der Waals surface area contributed by atoms with E-state index in [1.54, 1.807) is 13.2 Å². The summed E-state index contributed by atoms with van der Waals surface area (Å²) in [6.45, 7) is 4.21. The molecule has 23 heavy (non-hydrogen) atoms. The predicted molar refractivity (Wildman–Crippen MR) is 95.6 cm³/mol. The number of methoxy groups -OCH3 is 1. The van der Waals surface area contributed by atoms with Crippen LogP contribution in [0.1, 0.15) is 25.5 Å². The van der Waals surface area contributed by atoms with E-state index in [0.29, 0.717) is 32.9 Å². The minimum absolute atomic E-state index is 0.342. The van der Waals surface area contributed by atoms with E-state index in [0.717, 1.165) is 16.8 Å². The Morgan fingerprint density at radius 3 is 2.48 bits per heavy atom. The molecule has 118 valence electrons. The van der Waals surface area contributed by atoms with Crippen molar-refractivity contribution in [3.63, 3.8) is 0 Å². The topological polar surface area (TPSA) is 35.0 Å². The highest BCUT2D eigenvalue weighted by molar-refractivity contribution is 6.40. The third-order valence-corrected chi connectivity index (χ3v) is 4.36. The van der Waals surface area contributed by atoms with Gasteiger partial charge >= 0.3 is 0 Å². The Labute approximate surface area is 145 Å². The molecule has 2 aromatic heterocycles. The van der Waals surface area contributed by atoms with Crippen molar-refractivity contribution < 1.29 is 4.74 Å². The van der Waals surface area contributed by atoms with Gasteiger partial charge in [-0.3, -0.25) is 4.98 Å². The van der Waals surface area contributed by atoms with Crippen molar-refractivity contribution in [2.45, 2.75) is 19.8 Å². The van der Waals surface area contributed by atoms with E-state index in [-0.39, 0.29) is 0 Å². The van der Waals surface area contributed by atoms with Crippen molar-refractivity contribution in [1.29, 1.82) is 0 Å². The Balaban J connectivity index is 2.23. The van der Waals surface area contributed by atoms with E-state index in [1.165, 1.54) is 0 Å². The van der Waals surface area contributed by atoms with Crippen LogP contribution in [0.5, 0.6) is 5.75 Å². The minimum Gasteiger partial charge on any atom is -0.495 e. The summed E-state index contributed by atoms with van der Waals surface area (Å²) >= 11 is 12.8. The van der Waals surface area contributed by atoms with Gasteiger partial charge in [0.15, 0.2) is 0 Å². The summed E-state index contributed by atoms with van der Waals surface area (Å²) in [5.74, 6) is 0.915. The van der Waals surface area contributed by atoms with Crippen LogP contribution in [0.25, 0.3) is 22.3 Å². The molecule has 1 aromatic carbocycles. The summed E-state index contributed by atoms with van der Waals surface area (Å²) in [6.07, 6.45) is 0. The van der Waals surface area contributed by atoms with E-state index < -0.39 is 0 Å². The average Bonchev–Trinajstić information content (AvgIpc) is 2.55. The van der Waals surface area contributed by atoms with Gasteiger partial charge in [-0.05, 0) is 36.2 Å². The first-order chi connectivity index (χ1) is 11.0. The van der Waals surface area contributed by atoms with E-state index >= 15 is 0 Å². The molecule has 2 heterocycles. The monoisotopic (exact) mass is 346 g/mol. The fourth-order valence-electron chi connectivity index (χ4n) is 2.40. The van der Waals surface area contributed by atoms with Crippen molar-refractivity contribution in [3.8, 4) is 17.1 Å². The molecule has 0 N–H and O–H groups in total. The van der Waals surface area contributed by atoms with Gasteiger partial charge in [0.2, 0.25) is 0 Å². The molecule has 5 heteroatoms. The lowest BCUT2D eigenvalue weighted by atomic mass is 10.1. The standard InChI is InChI=1S/C18H16Cl2N2O/c1-10(2)13-5-4-6-14(21-13)15-9-12(19)11-7-8-16(23-3)17(20)18(11)22-15/h4-10H,1-3H3. The van der Waals surface area contributed by atoms with Crippen LogP contribution in [0.15, 0.2) is 36.4 Å². The van der Waals surface area contributed by atoms with Crippen LogP contribution in [0.3, 0.4) is 0 Å². The van der Waals surface area contributed by atoms with Gasteiger partial charge in [-0.25, -0.2) is 4.98 Å². The highest BCUT2D eigenvalue weighted by atomic mass is 35.5. The van der Waals surface area contributed by atoms with Gasteiger partial charge in [-0.15, -0.1) is 0 Å². The Kier molecular flexibility index (Phi) is 4.42. The maximum Gasteiger partial charge on any atom is 0.139 e. The number of aromatic nitrogens is 2. The first-order valence-corrected chi connectivity index (χ1v) is 8.07. The Morgan fingerprint density at radius 2 is 1.78 bits per heavy atom. The summed E-state index contributed by atoms with van der Waals surface area (Å²) in [4.78, 5) is 9.32. The Bertz CT molecular complexity index is 878. The van der Waals surface area contributed by atoms with Crippen molar-refractivity contribution in [2.75, 3.05) is 7.11 Å². The third-order valence-electron chi connectivity index (χ3n) is 3.68. The zero-order valence-corrected chi connectivity index (χ0v) is 14.6. The molecular weight excluding hydrogens is 331 g/mol. The van der Waals surface area contributed by atoms with Crippen LogP contribution < -0.4 is 4.74 Å². The van der Waals surface area contributed by atoms with Gasteiger partial charge in [0.05, 0.1) is 29.0 Å². The second kappa shape index (κ2) is 6.34. The lowest BCUT2D eigenvalue weighted by molar-refractivity contribution is 0.415. The molecule has 0 saturated heterocycles. The van der Waals surface area contributed by atoms with Gasteiger partial charge in [-0.1, -0.05) is 43.1 Å². The van der Waals surface area contributed by atoms with Crippen molar-refractivity contribution >= 4 is 34.1 Å². The first-order valence-electron chi connectivity index (χ1n) is 7.31. The zero-order chi connectivity index (χ0) is 16.6. The number of pyridine rings is 2. The molecular formula is C18H16Cl2N2O. The van der Waals surface area contributed by atoms with Crippen molar-refractivity contribution in [2.24, 2.45) is 0 Å². The maximum atomic E-state index is 6.41. The van der Waals surface area contributed by atoms with Crippen LogP contribution in [0, 0.1) is 0 Å². The van der Waals surface area contributed by atoms with Crippen LogP contribution in [-0.4, -0.2) is 17.1 Å². The van der Waals surface area contributed by atoms with Gasteiger partial charge < -0.3 is 4.74 Å². The minimum atomic E-state index is 0.342. The molecule has 0 fully saturated rings. The molecule has 0 aliphatic rings. The van der Waals surface area contributed by atoms with Crippen LogP contribution in [0.2, 0.25) is 10.0 Å². The lowest BCUT2D eigenvalue weighted by Crippen LogP contribution is -1.96. The highest BCUT2D eigenvalue weighted by Crippen LogP contribution is 2.36. The van der Waals surface area contributed by atoms with E-state index in [9.17, 15) is 0 Å². The number of rotatable bonds is 3. The molecule has 0 saturated carbocycles. The Hall–Kier alpha value is -1.84. The van der Waals surface area contributed by atoms with Crippen molar-refractivity contribution in [1.82, 2.24) is 9.97 Å². The zero-order valence-electron chi connectivity index (χ0n) is 13.1. The van der Waals surface area contributed by atoms with Crippen LogP contribution in [-0.2, 0) is 0 Å². The van der Waals surface area contributed by atoms with Crippen LogP contribution >= 0.6 is 23.2 Å². The molecule has 0 spiro atoms. The number of fused-ring (bicyclic) bond motifs is 1. The Morgan fingerprint density at radius 1 is 1.00 bits per heavy atom. The smallest absolute Gasteiger partial charge is 0.139 e. The van der Waals surface area contributed by atoms with Gasteiger partial charge in [0.25, 0.3) is 0 Å². The summed E-state index contributed by atoms with van der Waals surface area (Å²) < 4.78 is 5.26. The first kappa shape index (κ1) is 16.0. The molecule has 0 radical (unpaired) electrons. The molecule has 3 rings (SSSR count). The van der Waals surface area contributed by atoms with Gasteiger partial charge in [-0.2, -0.15) is 0 Å². The quantitative estimate of drug-likeness (QED) is 0.606. The van der Waals surface area contributed by atoms with Crippen LogP contribution in [0.4, 0.5) is 0 Å². The fraction of sp³-hybridized carbons (Fsp3) is 0.222. The number of ether oxygens (including phenoxy) is 1. The molecule has 0 aliphatic heterocycles. The maximum absolute atomic E-state index is 6.41. The molecule has 0 bridgehead atoms. The number of hydrogen-bond acceptors (Lipinski definition) is 3. The second-order valence-electron chi connectivity index (χ2n) is 5.57. The molecule has 3 aromatic rings. The summed E-state index contributed by atoms with van der Waals surface area (Å²) in [6, 6.07) is 11.4. The fourth-order valence-corrected chi connectivity index (χ4v) is 2.94. The number of halogens is 2. The predicted octanol–water partition coefficient (Wildman–Crippen LogP) is 5.74. The SMILES string of the molecule is COc1ccc2c(Cl)cc(-c3cccc(C(C)C)n3)nc2c1Cl. The largest absolute Gasteiger partial charge is 0.495 e. The number of benzene rings is 1. The average molecular weight is 347 g/mol. The molecule has 0 unspecified atom stereocenters. The van der Waals surface area contributed by atoms with Gasteiger partial charge in [0.1, 0.15) is 10.8 Å². The highest BCUT2D eigenvalue weighted by Gasteiger charge is 2.13. The summed E-state index contributed by atoms with van der Waals surface area (Å²) in [7, 11) is 1.58. The summed E-state index contributed by atoms with van der Waals surface area (Å²) in [5.41, 5.74) is 3.10.